The number of carbonyl (C=O) groups is 3. The fourth-order valence-corrected chi connectivity index (χ4v) is 8.98. The SMILES string of the molecule is CC/C=C\C/C=C\C/C=C\CCCCCCCCCC(=O)OC(COC(=O)CCCCCCCCCCCCCCCCC)COP(=O)(O)OCC(CO)OC(=O)CCCCCCCCCCCCC. The van der Waals surface area contributed by atoms with Gasteiger partial charge in [-0.05, 0) is 51.4 Å². The van der Waals surface area contributed by atoms with Crippen LogP contribution >= 0.6 is 7.82 Å². The van der Waals surface area contributed by atoms with Gasteiger partial charge in [-0.1, -0.05) is 243 Å². The number of phosphoric ester groups is 1. The number of unbranched alkanes of at least 4 members (excludes halogenated alkanes) is 31. The molecule has 410 valence electrons. The molecule has 0 aliphatic rings. The Hall–Kier alpha value is -2.30. The summed E-state index contributed by atoms with van der Waals surface area (Å²) in [5.41, 5.74) is 0. The molecule has 3 atom stereocenters. The second-order valence-corrected chi connectivity index (χ2v) is 20.9. The third-order valence-corrected chi connectivity index (χ3v) is 13.5. The van der Waals surface area contributed by atoms with E-state index in [-0.39, 0.29) is 25.9 Å². The highest BCUT2D eigenvalue weighted by molar-refractivity contribution is 7.47. The monoisotopic (exact) mass is 1010 g/mol. The minimum Gasteiger partial charge on any atom is -0.462 e. The highest BCUT2D eigenvalue weighted by Crippen LogP contribution is 2.43. The van der Waals surface area contributed by atoms with Crippen LogP contribution in [0.5, 0.6) is 0 Å². The third-order valence-electron chi connectivity index (χ3n) is 12.6. The standard InChI is InChI=1S/C58H107O11P/c1-4-7-10-13-16-19-22-24-26-27-29-31-34-37-40-43-46-49-58(62)69-55(51-65-56(60)47-44-41-38-35-33-30-28-25-23-20-17-14-11-8-5-2)53-67-70(63,64)66-52-54(50-59)68-57(61)48-45-42-39-36-32-21-18-15-12-9-6-3/h7,10,16,19,24,26,54-55,59H,4-6,8-9,11-15,17-18,20-23,25,27-53H2,1-3H3,(H,63,64)/b10-7-,19-16-,26-24-. The number of ether oxygens (including phenoxy) is 3. The third kappa shape index (κ3) is 50.6. The minimum absolute atomic E-state index is 0.160. The van der Waals surface area contributed by atoms with Crippen molar-refractivity contribution in [2.75, 3.05) is 26.4 Å². The molecule has 0 aliphatic carbocycles. The molecule has 0 aliphatic heterocycles. The molecular formula is C58H107O11P. The van der Waals surface area contributed by atoms with Crippen LogP contribution in [0.15, 0.2) is 36.5 Å². The second-order valence-electron chi connectivity index (χ2n) is 19.4. The average molecular weight is 1010 g/mol. The Labute approximate surface area is 429 Å². The molecule has 0 radical (unpaired) electrons. The van der Waals surface area contributed by atoms with Crippen molar-refractivity contribution in [3.8, 4) is 0 Å². The van der Waals surface area contributed by atoms with E-state index in [1.54, 1.807) is 0 Å². The lowest BCUT2D eigenvalue weighted by molar-refractivity contribution is -0.161. The Kier molecular flexibility index (Phi) is 51.3. The molecule has 0 aromatic rings. The van der Waals surface area contributed by atoms with Crippen molar-refractivity contribution in [3.05, 3.63) is 36.5 Å². The van der Waals surface area contributed by atoms with Gasteiger partial charge in [0, 0.05) is 19.3 Å². The van der Waals surface area contributed by atoms with Crippen molar-refractivity contribution in [1.29, 1.82) is 0 Å². The van der Waals surface area contributed by atoms with Gasteiger partial charge >= 0.3 is 25.7 Å². The summed E-state index contributed by atoms with van der Waals surface area (Å²) in [6.07, 6.45) is 53.9. The molecule has 0 heterocycles. The molecule has 0 saturated carbocycles. The number of rotatable bonds is 54. The fraction of sp³-hybridized carbons (Fsp3) is 0.845. The van der Waals surface area contributed by atoms with E-state index in [1.165, 1.54) is 128 Å². The summed E-state index contributed by atoms with van der Waals surface area (Å²) < 4.78 is 39.5. The van der Waals surface area contributed by atoms with Gasteiger partial charge in [-0.2, -0.15) is 0 Å². The summed E-state index contributed by atoms with van der Waals surface area (Å²) >= 11 is 0. The predicted molar refractivity (Wildman–Crippen MR) is 289 cm³/mol. The second kappa shape index (κ2) is 53.0. The molecule has 0 aromatic heterocycles. The smallest absolute Gasteiger partial charge is 0.462 e. The van der Waals surface area contributed by atoms with E-state index in [0.717, 1.165) is 89.9 Å². The van der Waals surface area contributed by atoms with E-state index in [9.17, 15) is 28.9 Å². The van der Waals surface area contributed by atoms with Gasteiger partial charge in [-0.15, -0.1) is 0 Å². The number of hydrogen-bond donors (Lipinski definition) is 2. The van der Waals surface area contributed by atoms with Gasteiger partial charge in [0.2, 0.25) is 0 Å². The Morgan fingerprint density at radius 3 is 1.14 bits per heavy atom. The van der Waals surface area contributed by atoms with Gasteiger partial charge in [0.1, 0.15) is 12.7 Å². The van der Waals surface area contributed by atoms with Crippen LogP contribution in [-0.2, 0) is 42.2 Å². The topological polar surface area (TPSA) is 155 Å². The maximum atomic E-state index is 12.9. The van der Waals surface area contributed by atoms with Gasteiger partial charge in [0.15, 0.2) is 6.10 Å². The normalized spacial score (nSPS) is 13.6. The van der Waals surface area contributed by atoms with Gasteiger partial charge < -0.3 is 24.2 Å². The summed E-state index contributed by atoms with van der Waals surface area (Å²) in [6.45, 7) is 4.55. The van der Waals surface area contributed by atoms with Crippen molar-refractivity contribution >= 4 is 25.7 Å². The molecule has 0 rings (SSSR count). The number of carbonyl (C=O) groups excluding carboxylic acids is 3. The number of aliphatic hydroxyl groups is 1. The molecule has 0 fully saturated rings. The lowest BCUT2D eigenvalue weighted by Gasteiger charge is -2.21. The number of phosphoric acid groups is 1. The van der Waals surface area contributed by atoms with E-state index in [0.29, 0.717) is 19.3 Å². The summed E-state index contributed by atoms with van der Waals surface area (Å²) in [5, 5.41) is 9.79. The molecule has 12 heteroatoms. The first kappa shape index (κ1) is 67.7. The summed E-state index contributed by atoms with van der Waals surface area (Å²) in [7, 11) is -4.74. The van der Waals surface area contributed by atoms with Crippen molar-refractivity contribution in [1.82, 2.24) is 0 Å². The summed E-state index contributed by atoms with van der Waals surface area (Å²) in [6, 6.07) is 0. The molecule has 3 unspecified atom stereocenters. The fourth-order valence-electron chi connectivity index (χ4n) is 8.20. The van der Waals surface area contributed by atoms with E-state index in [2.05, 4.69) is 57.2 Å². The van der Waals surface area contributed by atoms with Crippen LogP contribution in [0.2, 0.25) is 0 Å². The zero-order valence-corrected chi connectivity index (χ0v) is 46.1. The number of aliphatic hydroxyl groups excluding tert-OH is 1. The molecule has 2 N–H and O–H groups in total. The molecule has 0 aromatic carbocycles. The van der Waals surface area contributed by atoms with Crippen LogP contribution in [0, 0.1) is 0 Å². The largest absolute Gasteiger partial charge is 0.472 e. The minimum atomic E-state index is -4.74. The van der Waals surface area contributed by atoms with E-state index in [1.807, 2.05) is 0 Å². The summed E-state index contributed by atoms with van der Waals surface area (Å²) in [5.74, 6) is -1.46. The van der Waals surface area contributed by atoms with Crippen LogP contribution in [0.3, 0.4) is 0 Å². The Balaban J connectivity index is 4.71. The first-order valence-electron chi connectivity index (χ1n) is 28.9. The van der Waals surface area contributed by atoms with Gasteiger partial charge in [0.05, 0.1) is 19.8 Å². The molecule has 0 saturated heterocycles. The van der Waals surface area contributed by atoms with Crippen molar-refractivity contribution in [3.63, 3.8) is 0 Å². The zero-order chi connectivity index (χ0) is 51.3. The van der Waals surface area contributed by atoms with E-state index >= 15 is 0 Å². The Bertz CT molecular complexity index is 1320. The highest BCUT2D eigenvalue weighted by Gasteiger charge is 2.28. The Morgan fingerprint density at radius 1 is 0.414 bits per heavy atom. The quantitative estimate of drug-likeness (QED) is 0.0197. The van der Waals surface area contributed by atoms with E-state index in [4.69, 9.17) is 23.3 Å². The highest BCUT2D eigenvalue weighted by atomic mass is 31.2. The van der Waals surface area contributed by atoms with Gasteiger partial charge in [-0.3, -0.25) is 23.4 Å². The molecular weight excluding hydrogens is 904 g/mol. The molecule has 11 nitrogen and oxygen atoms in total. The number of allylic oxidation sites excluding steroid dienone is 6. The number of hydrogen-bond acceptors (Lipinski definition) is 10. The average Bonchev–Trinajstić information content (AvgIpc) is 3.35. The van der Waals surface area contributed by atoms with Crippen molar-refractivity contribution in [2.24, 2.45) is 0 Å². The lowest BCUT2D eigenvalue weighted by atomic mass is 10.0. The molecule has 0 spiro atoms. The lowest BCUT2D eigenvalue weighted by Crippen LogP contribution is -2.30. The molecule has 0 bridgehead atoms. The van der Waals surface area contributed by atoms with Crippen molar-refractivity contribution < 1.29 is 52.2 Å². The van der Waals surface area contributed by atoms with Crippen LogP contribution in [0.4, 0.5) is 0 Å². The van der Waals surface area contributed by atoms with Gasteiger partial charge in [0.25, 0.3) is 0 Å². The van der Waals surface area contributed by atoms with Crippen LogP contribution < -0.4 is 0 Å². The van der Waals surface area contributed by atoms with Crippen LogP contribution in [-0.4, -0.2) is 66.5 Å². The van der Waals surface area contributed by atoms with E-state index < -0.39 is 57.8 Å². The Morgan fingerprint density at radius 2 is 0.743 bits per heavy atom. The molecule has 70 heavy (non-hydrogen) atoms. The summed E-state index contributed by atoms with van der Waals surface area (Å²) in [4.78, 5) is 48.5. The zero-order valence-electron chi connectivity index (χ0n) is 45.2. The van der Waals surface area contributed by atoms with Crippen LogP contribution in [0.1, 0.15) is 278 Å². The maximum Gasteiger partial charge on any atom is 0.472 e. The molecule has 0 amide bonds. The van der Waals surface area contributed by atoms with Gasteiger partial charge in [-0.25, -0.2) is 4.57 Å². The number of esters is 3. The maximum absolute atomic E-state index is 12.9. The van der Waals surface area contributed by atoms with Crippen molar-refractivity contribution in [2.45, 2.75) is 290 Å². The predicted octanol–water partition coefficient (Wildman–Crippen LogP) is 16.8. The van der Waals surface area contributed by atoms with Crippen LogP contribution in [0.25, 0.3) is 0 Å². The first-order chi connectivity index (χ1) is 34.2. The first-order valence-corrected chi connectivity index (χ1v) is 30.4.